The van der Waals surface area contributed by atoms with Crippen molar-refractivity contribution in [2.24, 2.45) is 0 Å². The molecule has 0 unspecified atom stereocenters. The van der Waals surface area contributed by atoms with Gasteiger partial charge < -0.3 is 4.57 Å². The molecule has 2 aliphatic carbocycles. The zero-order valence-corrected chi connectivity index (χ0v) is 33.0. The standard InChI is InChI=1S/C55H35N5/c1-33-21-24-46-41(27-33)42-28-34(2)22-25-47(42)55(46)45-19-11-9-17-39(45)43-30-44-40-18-10-12-20-50(40)60(51(44)31-48(43)55)49-26-23-37(29-38(49)32-56)54-58-52(35-13-5-3-6-14-35)57-53(59-54)36-15-7-4-8-16-36/h3-31H,1-2H3. The molecule has 0 fully saturated rings. The van der Waals surface area contributed by atoms with Crippen LogP contribution in [0.1, 0.15) is 38.9 Å². The molecule has 0 amide bonds. The normalized spacial score (nSPS) is 12.9. The fourth-order valence-electron chi connectivity index (χ4n) is 10.0. The summed E-state index contributed by atoms with van der Waals surface area (Å²) in [5, 5.41) is 13.3. The minimum Gasteiger partial charge on any atom is -0.308 e. The van der Waals surface area contributed by atoms with Crippen molar-refractivity contribution in [3.05, 3.63) is 215 Å². The second-order valence-electron chi connectivity index (χ2n) is 16.0. The van der Waals surface area contributed by atoms with Crippen LogP contribution in [0.2, 0.25) is 0 Å². The molecule has 2 aliphatic rings. The van der Waals surface area contributed by atoms with E-state index in [1.54, 1.807) is 0 Å². The summed E-state index contributed by atoms with van der Waals surface area (Å²) in [6.07, 6.45) is 0. The second kappa shape index (κ2) is 12.8. The Morgan fingerprint density at radius 1 is 0.433 bits per heavy atom. The predicted molar refractivity (Wildman–Crippen MR) is 241 cm³/mol. The Labute approximate surface area is 347 Å². The van der Waals surface area contributed by atoms with E-state index in [9.17, 15) is 5.26 Å². The highest BCUT2D eigenvalue weighted by atomic mass is 15.0. The summed E-state index contributed by atoms with van der Waals surface area (Å²) >= 11 is 0. The molecule has 0 saturated carbocycles. The highest BCUT2D eigenvalue weighted by Crippen LogP contribution is 2.63. The van der Waals surface area contributed by atoms with Crippen LogP contribution >= 0.6 is 0 Å². The van der Waals surface area contributed by atoms with Crippen LogP contribution in [0.5, 0.6) is 0 Å². The smallest absolute Gasteiger partial charge is 0.164 e. The summed E-state index contributed by atoms with van der Waals surface area (Å²) in [5.41, 5.74) is 18.2. The molecule has 10 aromatic rings. The van der Waals surface area contributed by atoms with Crippen LogP contribution in [0.25, 0.3) is 83.9 Å². The predicted octanol–water partition coefficient (Wildman–Crippen LogP) is 12.8. The third-order valence-electron chi connectivity index (χ3n) is 12.6. The molecule has 5 heteroatoms. The molecule has 0 atom stereocenters. The van der Waals surface area contributed by atoms with Crippen molar-refractivity contribution in [1.29, 1.82) is 5.26 Å². The fraction of sp³-hybridized carbons (Fsp3) is 0.0545. The number of para-hydroxylation sites is 1. The topological polar surface area (TPSA) is 67.4 Å². The van der Waals surface area contributed by atoms with E-state index in [2.05, 4.69) is 128 Å². The van der Waals surface area contributed by atoms with Gasteiger partial charge in [-0.15, -0.1) is 0 Å². The van der Waals surface area contributed by atoms with Crippen LogP contribution in [-0.2, 0) is 5.41 Å². The molecule has 280 valence electrons. The van der Waals surface area contributed by atoms with Gasteiger partial charge in [0.1, 0.15) is 6.07 Å². The first-order valence-electron chi connectivity index (χ1n) is 20.3. The molecule has 0 N–H and O–H groups in total. The highest BCUT2D eigenvalue weighted by Gasteiger charge is 2.52. The molecule has 2 aromatic heterocycles. The summed E-state index contributed by atoms with van der Waals surface area (Å²) < 4.78 is 2.28. The van der Waals surface area contributed by atoms with Gasteiger partial charge in [0.25, 0.3) is 0 Å². The Morgan fingerprint density at radius 2 is 0.983 bits per heavy atom. The highest BCUT2D eigenvalue weighted by molar-refractivity contribution is 6.12. The van der Waals surface area contributed by atoms with E-state index in [-0.39, 0.29) is 0 Å². The number of hydrogen-bond acceptors (Lipinski definition) is 4. The van der Waals surface area contributed by atoms with Gasteiger partial charge in [0, 0.05) is 27.5 Å². The average Bonchev–Trinajstić information content (AvgIpc) is 3.88. The van der Waals surface area contributed by atoms with Crippen molar-refractivity contribution in [3.8, 4) is 68.2 Å². The average molecular weight is 766 g/mol. The minimum atomic E-state index is -0.499. The van der Waals surface area contributed by atoms with Crippen LogP contribution in [0, 0.1) is 25.2 Å². The largest absolute Gasteiger partial charge is 0.308 e. The van der Waals surface area contributed by atoms with Crippen molar-refractivity contribution in [2.75, 3.05) is 0 Å². The van der Waals surface area contributed by atoms with E-state index >= 15 is 0 Å². The van der Waals surface area contributed by atoms with E-state index in [0.717, 1.165) is 44.2 Å². The van der Waals surface area contributed by atoms with E-state index in [0.29, 0.717) is 23.0 Å². The minimum absolute atomic E-state index is 0.499. The van der Waals surface area contributed by atoms with Gasteiger partial charge in [0.15, 0.2) is 17.5 Å². The molecule has 12 rings (SSSR count). The summed E-state index contributed by atoms with van der Waals surface area (Å²) in [6, 6.07) is 64.8. The third-order valence-corrected chi connectivity index (χ3v) is 12.6. The SMILES string of the molecule is Cc1ccc2c(c1)-c1cc(C)ccc1C21c2ccccc2-c2cc3c4ccccc4n(-c4ccc(-c5nc(-c6ccccc6)nc(-c6ccccc6)n5)cc4C#N)c3cc21. The molecule has 2 heterocycles. The summed E-state index contributed by atoms with van der Waals surface area (Å²) in [6.45, 7) is 4.37. The molecule has 0 saturated heterocycles. The summed E-state index contributed by atoms with van der Waals surface area (Å²) in [7, 11) is 0. The van der Waals surface area contributed by atoms with Crippen molar-refractivity contribution in [1.82, 2.24) is 19.5 Å². The number of benzene rings is 8. The Kier molecular flexibility index (Phi) is 7.27. The van der Waals surface area contributed by atoms with Crippen molar-refractivity contribution in [3.63, 3.8) is 0 Å². The molecule has 60 heavy (non-hydrogen) atoms. The Hall–Kier alpha value is -7.94. The molecule has 8 aromatic carbocycles. The monoisotopic (exact) mass is 765 g/mol. The Balaban J connectivity index is 1.11. The van der Waals surface area contributed by atoms with Crippen LogP contribution in [0.15, 0.2) is 176 Å². The third kappa shape index (κ3) is 4.76. The van der Waals surface area contributed by atoms with Crippen molar-refractivity contribution < 1.29 is 0 Å². The zero-order chi connectivity index (χ0) is 40.1. The first-order chi connectivity index (χ1) is 29.5. The quantitative estimate of drug-likeness (QED) is 0.179. The van der Waals surface area contributed by atoms with Crippen LogP contribution in [0.4, 0.5) is 0 Å². The maximum atomic E-state index is 11.0. The summed E-state index contributed by atoms with van der Waals surface area (Å²) in [4.78, 5) is 14.8. The number of hydrogen-bond donors (Lipinski definition) is 0. The van der Waals surface area contributed by atoms with Gasteiger partial charge in [-0.1, -0.05) is 151 Å². The molecule has 0 bridgehead atoms. The number of aryl methyl sites for hydroxylation is 2. The van der Waals surface area contributed by atoms with Gasteiger partial charge in [0.05, 0.1) is 27.7 Å². The van der Waals surface area contributed by atoms with Gasteiger partial charge in [-0.3, -0.25) is 0 Å². The second-order valence-corrected chi connectivity index (χ2v) is 16.0. The Morgan fingerprint density at radius 3 is 1.63 bits per heavy atom. The first kappa shape index (κ1) is 34.1. The van der Waals surface area contributed by atoms with Gasteiger partial charge in [-0.2, -0.15) is 5.26 Å². The first-order valence-corrected chi connectivity index (χ1v) is 20.3. The molecule has 1 spiro atoms. The van der Waals surface area contributed by atoms with Crippen molar-refractivity contribution >= 4 is 21.8 Å². The molecular formula is C55H35N5. The number of rotatable bonds is 4. The van der Waals surface area contributed by atoms with Gasteiger partial charge in [-0.25, -0.2) is 15.0 Å². The zero-order valence-electron chi connectivity index (χ0n) is 33.0. The van der Waals surface area contributed by atoms with Crippen LogP contribution in [-0.4, -0.2) is 19.5 Å². The van der Waals surface area contributed by atoms with E-state index in [1.807, 2.05) is 72.8 Å². The molecule has 0 aliphatic heterocycles. The number of nitriles is 1. The van der Waals surface area contributed by atoms with E-state index in [4.69, 9.17) is 15.0 Å². The lowest BCUT2D eigenvalue weighted by atomic mass is 9.70. The van der Waals surface area contributed by atoms with Gasteiger partial charge >= 0.3 is 0 Å². The van der Waals surface area contributed by atoms with Gasteiger partial charge in [-0.05, 0) is 94.8 Å². The van der Waals surface area contributed by atoms with E-state index < -0.39 is 5.41 Å². The lowest BCUT2D eigenvalue weighted by Gasteiger charge is -2.30. The maximum Gasteiger partial charge on any atom is 0.164 e. The molecular weight excluding hydrogens is 731 g/mol. The number of aromatic nitrogens is 4. The fourth-order valence-corrected chi connectivity index (χ4v) is 10.0. The molecule has 5 nitrogen and oxygen atoms in total. The van der Waals surface area contributed by atoms with Gasteiger partial charge in [0.2, 0.25) is 0 Å². The lowest BCUT2D eigenvalue weighted by Crippen LogP contribution is -2.26. The Bertz CT molecular complexity index is 3360. The maximum absolute atomic E-state index is 11.0. The number of nitrogens with zero attached hydrogens (tertiary/aromatic N) is 5. The van der Waals surface area contributed by atoms with E-state index in [1.165, 1.54) is 55.6 Å². The van der Waals surface area contributed by atoms with Crippen LogP contribution in [0.3, 0.4) is 0 Å². The van der Waals surface area contributed by atoms with Crippen LogP contribution < -0.4 is 0 Å². The molecule has 0 radical (unpaired) electrons. The number of fused-ring (bicyclic) bond motifs is 13. The lowest BCUT2D eigenvalue weighted by molar-refractivity contribution is 0.794. The summed E-state index contributed by atoms with van der Waals surface area (Å²) in [5.74, 6) is 1.66. The van der Waals surface area contributed by atoms with Crippen molar-refractivity contribution in [2.45, 2.75) is 19.3 Å².